The van der Waals surface area contributed by atoms with Crippen molar-refractivity contribution in [3.63, 3.8) is 0 Å². The van der Waals surface area contributed by atoms with Gasteiger partial charge in [0.1, 0.15) is 11.6 Å². The number of carbonyl (C=O) groups is 2. The molecule has 7 heteroatoms. The van der Waals surface area contributed by atoms with Crippen molar-refractivity contribution >= 4 is 17.6 Å². The van der Waals surface area contributed by atoms with Gasteiger partial charge in [-0.25, -0.2) is 13.6 Å². The number of nitrogens with zero attached hydrogens (tertiary/aromatic N) is 2. The van der Waals surface area contributed by atoms with Gasteiger partial charge in [-0.15, -0.1) is 0 Å². The van der Waals surface area contributed by atoms with Crippen LogP contribution in [0.4, 0.5) is 14.5 Å². The van der Waals surface area contributed by atoms with E-state index in [0.29, 0.717) is 31.9 Å². The standard InChI is InChI=1S/C19H18F2N2O3/c20-15-7-5-14(6-8-15)19(25)26-13-18(24)23-11-9-22(10-12-23)17-4-2-1-3-16(17)21/h1-8H,9-13H2. The number of hydrogen-bond donors (Lipinski definition) is 0. The van der Waals surface area contributed by atoms with Crippen molar-refractivity contribution in [2.75, 3.05) is 37.7 Å². The van der Waals surface area contributed by atoms with Crippen molar-refractivity contribution in [1.82, 2.24) is 4.90 Å². The lowest BCUT2D eigenvalue weighted by molar-refractivity contribution is -0.134. The molecule has 1 aliphatic heterocycles. The molecule has 3 rings (SSSR count). The smallest absolute Gasteiger partial charge is 0.338 e. The van der Waals surface area contributed by atoms with Crippen LogP contribution in [0, 0.1) is 11.6 Å². The minimum Gasteiger partial charge on any atom is -0.452 e. The third-order valence-electron chi connectivity index (χ3n) is 4.23. The average molecular weight is 360 g/mol. The van der Waals surface area contributed by atoms with E-state index in [-0.39, 0.29) is 23.9 Å². The summed E-state index contributed by atoms with van der Waals surface area (Å²) in [6.45, 7) is 1.45. The summed E-state index contributed by atoms with van der Waals surface area (Å²) in [5.74, 6) is -1.73. The summed E-state index contributed by atoms with van der Waals surface area (Å²) in [7, 11) is 0. The lowest BCUT2D eigenvalue weighted by atomic mass is 10.2. The molecule has 2 aromatic carbocycles. The quantitative estimate of drug-likeness (QED) is 0.786. The van der Waals surface area contributed by atoms with Gasteiger partial charge < -0.3 is 14.5 Å². The first-order valence-electron chi connectivity index (χ1n) is 8.24. The first-order valence-corrected chi connectivity index (χ1v) is 8.24. The maximum atomic E-state index is 13.8. The molecule has 1 saturated heterocycles. The summed E-state index contributed by atoms with van der Waals surface area (Å²) >= 11 is 0. The third-order valence-corrected chi connectivity index (χ3v) is 4.23. The van der Waals surface area contributed by atoms with Crippen molar-refractivity contribution in [3.05, 3.63) is 65.7 Å². The van der Waals surface area contributed by atoms with Gasteiger partial charge in [-0.05, 0) is 36.4 Å². The normalized spacial score (nSPS) is 14.2. The van der Waals surface area contributed by atoms with Crippen LogP contribution < -0.4 is 4.90 Å². The van der Waals surface area contributed by atoms with E-state index in [4.69, 9.17) is 4.74 Å². The SMILES string of the molecule is O=C(OCC(=O)N1CCN(c2ccccc2F)CC1)c1ccc(F)cc1. The first kappa shape index (κ1) is 17.8. The molecule has 1 heterocycles. The van der Waals surface area contributed by atoms with E-state index in [1.54, 1.807) is 23.1 Å². The summed E-state index contributed by atoms with van der Waals surface area (Å²) in [6, 6.07) is 11.4. The lowest BCUT2D eigenvalue weighted by Gasteiger charge is -2.36. The van der Waals surface area contributed by atoms with Gasteiger partial charge in [0.05, 0.1) is 11.3 Å². The predicted molar refractivity (Wildman–Crippen MR) is 91.9 cm³/mol. The Morgan fingerprint density at radius 3 is 2.23 bits per heavy atom. The summed E-state index contributed by atoms with van der Waals surface area (Å²) in [5, 5.41) is 0. The Morgan fingerprint density at radius 2 is 1.58 bits per heavy atom. The van der Waals surface area contributed by atoms with Crippen molar-refractivity contribution < 1.29 is 23.1 Å². The van der Waals surface area contributed by atoms with Crippen LogP contribution in [-0.2, 0) is 9.53 Å². The van der Waals surface area contributed by atoms with Crippen molar-refractivity contribution in [2.45, 2.75) is 0 Å². The van der Waals surface area contributed by atoms with Gasteiger partial charge in [-0.1, -0.05) is 12.1 Å². The minimum absolute atomic E-state index is 0.184. The van der Waals surface area contributed by atoms with Gasteiger partial charge in [-0.3, -0.25) is 4.79 Å². The highest BCUT2D eigenvalue weighted by Gasteiger charge is 2.23. The lowest BCUT2D eigenvalue weighted by Crippen LogP contribution is -2.50. The van der Waals surface area contributed by atoms with E-state index in [1.165, 1.54) is 18.2 Å². The first-order chi connectivity index (χ1) is 12.5. The molecule has 2 aromatic rings. The second-order valence-electron chi connectivity index (χ2n) is 5.90. The van der Waals surface area contributed by atoms with E-state index in [1.807, 2.05) is 4.90 Å². The molecule has 0 radical (unpaired) electrons. The molecule has 0 saturated carbocycles. The number of esters is 1. The molecule has 136 valence electrons. The summed E-state index contributed by atoms with van der Waals surface area (Å²) in [4.78, 5) is 27.5. The van der Waals surface area contributed by atoms with Crippen LogP contribution in [0.5, 0.6) is 0 Å². The zero-order chi connectivity index (χ0) is 18.5. The Hall–Kier alpha value is -2.96. The van der Waals surface area contributed by atoms with Crippen molar-refractivity contribution in [2.24, 2.45) is 0 Å². The number of benzene rings is 2. The number of anilines is 1. The van der Waals surface area contributed by atoms with Crippen LogP contribution in [0.15, 0.2) is 48.5 Å². The molecular formula is C19H18F2N2O3. The highest BCUT2D eigenvalue weighted by molar-refractivity contribution is 5.91. The molecule has 0 bridgehead atoms. The second kappa shape index (κ2) is 7.95. The summed E-state index contributed by atoms with van der Waals surface area (Å²) in [6.07, 6.45) is 0. The molecule has 0 spiro atoms. The van der Waals surface area contributed by atoms with Gasteiger partial charge in [-0.2, -0.15) is 0 Å². The largest absolute Gasteiger partial charge is 0.452 e. The molecule has 5 nitrogen and oxygen atoms in total. The fourth-order valence-electron chi connectivity index (χ4n) is 2.79. The fraction of sp³-hybridized carbons (Fsp3) is 0.263. The highest BCUT2D eigenvalue weighted by Crippen LogP contribution is 2.20. The summed E-state index contributed by atoms with van der Waals surface area (Å²) in [5.41, 5.74) is 0.700. The van der Waals surface area contributed by atoms with Crippen LogP contribution in [0.3, 0.4) is 0 Å². The van der Waals surface area contributed by atoms with Crippen LogP contribution in [-0.4, -0.2) is 49.6 Å². The maximum Gasteiger partial charge on any atom is 0.338 e. The zero-order valence-corrected chi connectivity index (χ0v) is 14.0. The number of hydrogen-bond acceptors (Lipinski definition) is 4. The summed E-state index contributed by atoms with van der Waals surface area (Å²) < 4.78 is 31.7. The van der Waals surface area contributed by atoms with Crippen LogP contribution in [0.1, 0.15) is 10.4 Å². The molecule has 1 fully saturated rings. The minimum atomic E-state index is -0.677. The molecule has 0 aromatic heterocycles. The molecular weight excluding hydrogens is 342 g/mol. The monoisotopic (exact) mass is 360 g/mol. The van der Waals surface area contributed by atoms with Gasteiger partial charge in [0.25, 0.3) is 5.91 Å². The van der Waals surface area contributed by atoms with E-state index >= 15 is 0 Å². The van der Waals surface area contributed by atoms with E-state index in [0.717, 1.165) is 12.1 Å². The Kier molecular flexibility index (Phi) is 5.46. The highest BCUT2D eigenvalue weighted by atomic mass is 19.1. The Bertz CT molecular complexity index is 788. The molecule has 0 unspecified atom stereocenters. The van der Waals surface area contributed by atoms with Crippen molar-refractivity contribution in [3.8, 4) is 0 Å². The second-order valence-corrected chi connectivity index (χ2v) is 5.90. The van der Waals surface area contributed by atoms with Gasteiger partial charge in [0, 0.05) is 26.2 Å². The van der Waals surface area contributed by atoms with Crippen LogP contribution in [0.2, 0.25) is 0 Å². The average Bonchev–Trinajstić information content (AvgIpc) is 2.67. The molecule has 0 aliphatic carbocycles. The molecule has 0 N–H and O–H groups in total. The van der Waals surface area contributed by atoms with Gasteiger partial charge in [0.15, 0.2) is 6.61 Å². The number of piperazine rings is 1. The fourth-order valence-corrected chi connectivity index (χ4v) is 2.79. The molecule has 1 amide bonds. The van der Waals surface area contributed by atoms with E-state index in [9.17, 15) is 18.4 Å². The van der Waals surface area contributed by atoms with Crippen LogP contribution in [0.25, 0.3) is 0 Å². The number of halogens is 2. The van der Waals surface area contributed by atoms with Gasteiger partial charge >= 0.3 is 5.97 Å². The Morgan fingerprint density at radius 1 is 0.923 bits per heavy atom. The Labute approximate surface area is 149 Å². The Balaban J connectivity index is 1.48. The maximum absolute atomic E-state index is 13.8. The van der Waals surface area contributed by atoms with E-state index < -0.39 is 11.8 Å². The number of ether oxygens (including phenoxy) is 1. The molecule has 1 aliphatic rings. The number of para-hydroxylation sites is 1. The van der Waals surface area contributed by atoms with E-state index in [2.05, 4.69) is 0 Å². The predicted octanol–water partition coefficient (Wildman–Crippen LogP) is 2.47. The van der Waals surface area contributed by atoms with Crippen LogP contribution >= 0.6 is 0 Å². The van der Waals surface area contributed by atoms with Crippen molar-refractivity contribution in [1.29, 1.82) is 0 Å². The molecule has 0 atom stereocenters. The third kappa shape index (κ3) is 4.17. The molecule has 26 heavy (non-hydrogen) atoms. The zero-order valence-electron chi connectivity index (χ0n) is 14.0. The van der Waals surface area contributed by atoms with Gasteiger partial charge in [0.2, 0.25) is 0 Å². The topological polar surface area (TPSA) is 49.9 Å². The number of carbonyl (C=O) groups excluding carboxylic acids is 2. The number of amides is 1. The number of rotatable bonds is 4.